The van der Waals surface area contributed by atoms with Crippen LogP contribution in [0.25, 0.3) is 0 Å². The van der Waals surface area contributed by atoms with Crippen LogP contribution in [0.4, 0.5) is 22.0 Å². The first-order valence-electron chi connectivity index (χ1n) is 3.60. The summed E-state index contributed by atoms with van der Waals surface area (Å²) in [5.41, 5.74) is -1.08. The van der Waals surface area contributed by atoms with E-state index >= 15 is 0 Å². The molecule has 0 bridgehead atoms. The van der Waals surface area contributed by atoms with E-state index < -0.39 is 24.2 Å². The van der Waals surface area contributed by atoms with Crippen molar-refractivity contribution in [3.8, 4) is 5.75 Å². The Kier molecular flexibility index (Phi) is 4.11. The highest BCUT2D eigenvalue weighted by Gasteiger charge is 2.35. The second-order valence-electron chi connectivity index (χ2n) is 2.48. The fourth-order valence-corrected chi connectivity index (χ4v) is 1.50. The minimum atomic E-state index is -5.06. The fraction of sp³-hybridized carbons (Fsp3) is 0.286. The van der Waals surface area contributed by atoms with Crippen LogP contribution in [0.15, 0.2) is 15.1 Å². The minimum Gasteiger partial charge on any atom is -0.402 e. The molecule has 0 saturated carbocycles. The third-order valence-electron chi connectivity index (χ3n) is 1.38. The van der Waals surface area contributed by atoms with Crippen molar-refractivity contribution >= 4 is 31.9 Å². The molecule has 0 aromatic carbocycles. The topological polar surface area (TPSA) is 22.1 Å². The molecule has 0 atom stereocenters. The Morgan fingerprint density at radius 2 is 1.81 bits per heavy atom. The van der Waals surface area contributed by atoms with Gasteiger partial charge in [0.05, 0.1) is 8.95 Å². The number of nitrogens with zero attached hydrogens (tertiary/aromatic N) is 1. The van der Waals surface area contributed by atoms with Crippen molar-refractivity contribution < 1.29 is 26.7 Å². The highest BCUT2D eigenvalue weighted by Crippen LogP contribution is 2.40. The van der Waals surface area contributed by atoms with Gasteiger partial charge in [0.15, 0.2) is 5.75 Å². The number of rotatable bonds is 2. The van der Waals surface area contributed by atoms with Gasteiger partial charge in [0.2, 0.25) is 0 Å². The maximum absolute atomic E-state index is 12.4. The van der Waals surface area contributed by atoms with Gasteiger partial charge in [0.25, 0.3) is 6.43 Å². The van der Waals surface area contributed by atoms with Crippen LogP contribution in [0.3, 0.4) is 0 Å². The van der Waals surface area contributed by atoms with E-state index in [-0.39, 0.29) is 8.95 Å². The molecule has 0 N–H and O–H groups in total. The first kappa shape index (κ1) is 13.6. The molecule has 2 nitrogen and oxygen atoms in total. The summed E-state index contributed by atoms with van der Waals surface area (Å²) >= 11 is 5.54. The van der Waals surface area contributed by atoms with E-state index in [2.05, 4.69) is 41.6 Å². The molecule has 1 rings (SSSR count). The lowest BCUT2D eigenvalue weighted by Crippen LogP contribution is -2.19. The van der Waals surface area contributed by atoms with Crippen LogP contribution in [-0.2, 0) is 0 Å². The molecule has 0 aliphatic carbocycles. The molecule has 0 aliphatic rings. The smallest absolute Gasteiger partial charge is 0.402 e. The van der Waals surface area contributed by atoms with E-state index in [4.69, 9.17) is 0 Å². The van der Waals surface area contributed by atoms with E-state index in [0.717, 1.165) is 6.20 Å². The zero-order valence-electron chi connectivity index (χ0n) is 7.16. The SMILES string of the molecule is FC(F)c1ncc(Br)c(Br)c1OC(F)(F)F. The molecule has 0 unspecified atom stereocenters. The minimum absolute atomic E-state index is 0.0798. The molecule has 0 spiro atoms. The largest absolute Gasteiger partial charge is 0.573 e. The Morgan fingerprint density at radius 1 is 1.25 bits per heavy atom. The summed E-state index contributed by atoms with van der Waals surface area (Å²) in [7, 11) is 0. The normalized spacial score (nSPS) is 12.0. The van der Waals surface area contributed by atoms with Crippen LogP contribution in [0.5, 0.6) is 5.75 Å². The van der Waals surface area contributed by atoms with E-state index in [0.29, 0.717) is 0 Å². The maximum Gasteiger partial charge on any atom is 0.573 e. The van der Waals surface area contributed by atoms with Crippen molar-refractivity contribution in [1.82, 2.24) is 4.98 Å². The summed E-state index contributed by atoms with van der Waals surface area (Å²) in [5.74, 6) is -1.04. The van der Waals surface area contributed by atoms with E-state index in [1.54, 1.807) is 0 Å². The zero-order valence-corrected chi connectivity index (χ0v) is 10.3. The average molecular weight is 371 g/mol. The highest BCUT2D eigenvalue weighted by atomic mass is 79.9. The lowest BCUT2D eigenvalue weighted by atomic mass is 10.3. The Hall–Kier alpha value is -0.440. The molecule has 90 valence electrons. The number of halogens is 7. The van der Waals surface area contributed by atoms with Crippen LogP contribution in [0.2, 0.25) is 0 Å². The molecule has 16 heavy (non-hydrogen) atoms. The van der Waals surface area contributed by atoms with Gasteiger partial charge in [0, 0.05) is 6.20 Å². The van der Waals surface area contributed by atoms with Gasteiger partial charge in [-0.1, -0.05) is 0 Å². The molecule has 1 aromatic rings. The molecule has 1 aromatic heterocycles. The van der Waals surface area contributed by atoms with Crippen molar-refractivity contribution in [2.75, 3.05) is 0 Å². The number of hydrogen-bond donors (Lipinski definition) is 0. The van der Waals surface area contributed by atoms with E-state index in [9.17, 15) is 22.0 Å². The van der Waals surface area contributed by atoms with Gasteiger partial charge >= 0.3 is 6.36 Å². The first-order chi connectivity index (χ1) is 7.22. The fourth-order valence-electron chi connectivity index (χ4n) is 0.831. The predicted molar refractivity (Wildman–Crippen MR) is 51.3 cm³/mol. The third-order valence-corrected chi connectivity index (χ3v) is 3.30. The lowest BCUT2D eigenvalue weighted by molar-refractivity contribution is -0.275. The van der Waals surface area contributed by atoms with E-state index in [1.165, 1.54) is 0 Å². The number of pyridine rings is 1. The van der Waals surface area contributed by atoms with Gasteiger partial charge in [-0.15, -0.1) is 13.2 Å². The summed E-state index contributed by atoms with van der Waals surface area (Å²) in [6.07, 6.45) is -7.27. The van der Waals surface area contributed by atoms with Crippen molar-refractivity contribution in [3.05, 3.63) is 20.8 Å². The summed E-state index contributed by atoms with van der Waals surface area (Å²) in [5, 5.41) is 0. The number of ether oxygens (including phenoxy) is 1. The molecule has 0 aliphatic heterocycles. The van der Waals surface area contributed by atoms with Crippen LogP contribution in [0, 0.1) is 0 Å². The summed E-state index contributed by atoms with van der Waals surface area (Å²) in [4.78, 5) is 3.17. The van der Waals surface area contributed by atoms with Crippen LogP contribution in [0.1, 0.15) is 12.1 Å². The second kappa shape index (κ2) is 4.82. The van der Waals surface area contributed by atoms with Crippen molar-refractivity contribution in [2.24, 2.45) is 0 Å². The van der Waals surface area contributed by atoms with Crippen LogP contribution in [-0.4, -0.2) is 11.3 Å². The summed E-state index contributed by atoms with van der Waals surface area (Å²) < 4.78 is 63.9. The van der Waals surface area contributed by atoms with Gasteiger partial charge < -0.3 is 4.74 Å². The molecule has 9 heteroatoms. The quantitative estimate of drug-likeness (QED) is 0.718. The van der Waals surface area contributed by atoms with E-state index in [1.807, 2.05) is 0 Å². The third kappa shape index (κ3) is 3.27. The highest BCUT2D eigenvalue weighted by molar-refractivity contribution is 9.13. The van der Waals surface area contributed by atoms with Crippen molar-refractivity contribution in [2.45, 2.75) is 12.8 Å². The number of alkyl halides is 5. The van der Waals surface area contributed by atoms with Crippen molar-refractivity contribution in [1.29, 1.82) is 0 Å². The van der Waals surface area contributed by atoms with Gasteiger partial charge in [-0.3, -0.25) is 4.98 Å². The molecule has 0 saturated heterocycles. The Morgan fingerprint density at radius 3 is 2.25 bits per heavy atom. The summed E-state index contributed by atoms with van der Waals surface area (Å²) in [6.45, 7) is 0. The molecule has 1 heterocycles. The van der Waals surface area contributed by atoms with Gasteiger partial charge in [-0.2, -0.15) is 0 Å². The molecule has 0 fully saturated rings. The Labute approximate surface area is 103 Å². The Balaban J connectivity index is 3.26. The molecular weight excluding hydrogens is 369 g/mol. The monoisotopic (exact) mass is 369 g/mol. The van der Waals surface area contributed by atoms with Crippen LogP contribution < -0.4 is 4.74 Å². The molecular formula is C7H2Br2F5NO. The van der Waals surface area contributed by atoms with Crippen molar-refractivity contribution in [3.63, 3.8) is 0 Å². The number of hydrogen-bond acceptors (Lipinski definition) is 2. The Bertz CT molecular complexity index is 395. The predicted octanol–water partition coefficient (Wildman–Crippen LogP) is 4.44. The molecule has 0 radical (unpaired) electrons. The van der Waals surface area contributed by atoms with Gasteiger partial charge in [-0.05, 0) is 31.9 Å². The average Bonchev–Trinajstić information content (AvgIpc) is 2.10. The summed E-state index contributed by atoms with van der Waals surface area (Å²) in [6, 6.07) is 0. The lowest BCUT2D eigenvalue weighted by Gasteiger charge is -2.14. The number of aromatic nitrogens is 1. The second-order valence-corrected chi connectivity index (χ2v) is 4.13. The van der Waals surface area contributed by atoms with Gasteiger partial charge in [0.1, 0.15) is 5.69 Å². The standard InChI is InChI=1S/C7H2Br2F5NO/c8-2-1-15-4(6(10)11)5(3(2)9)16-7(12,13)14/h1,6H. The zero-order chi connectivity index (χ0) is 12.5. The first-order valence-corrected chi connectivity index (χ1v) is 5.18. The molecule has 0 amide bonds. The maximum atomic E-state index is 12.4. The van der Waals surface area contributed by atoms with Gasteiger partial charge in [-0.25, -0.2) is 8.78 Å². The van der Waals surface area contributed by atoms with Crippen LogP contribution >= 0.6 is 31.9 Å².